The Morgan fingerprint density at radius 1 is 0.939 bits per heavy atom. The maximum Gasteiger partial charge on any atom is 0.280 e. The van der Waals surface area contributed by atoms with Crippen molar-refractivity contribution in [1.82, 2.24) is 0 Å². The van der Waals surface area contributed by atoms with E-state index >= 15 is 0 Å². The molecule has 1 heterocycles. The number of thioether (sulfide) groups is 1. The summed E-state index contributed by atoms with van der Waals surface area (Å²) in [7, 11) is 0. The lowest BCUT2D eigenvalue weighted by atomic mass is 9.86. The lowest BCUT2D eigenvalue weighted by molar-refractivity contribution is -0.114. The first kappa shape index (κ1) is 24.8. The molecule has 0 saturated carbocycles. The number of para-hydroxylation sites is 1. The van der Waals surface area contributed by atoms with Crippen LogP contribution in [-0.2, 0) is 10.2 Å². The molecule has 0 atom stereocenters. The Hall–Kier alpha value is -2.82. The van der Waals surface area contributed by atoms with Gasteiger partial charge in [-0.15, -0.1) is 11.8 Å². The van der Waals surface area contributed by atoms with E-state index in [4.69, 9.17) is 16.7 Å². The van der Waals surface area contributed by atoms with Crippen molar-refractivity contribution < 1.29 is 4.79 Å². The predicted molar refractivity (Wildman–Crippen MR) is 143 cm³/mol. The highest BCUT2D eigenvalue weighted by Crippen LogP contribution is 2.29. The van der Waals surface area contributed by atoms with E-state index in [1.807, 2.05) is 60.7 Å². The predicted octanol–water partition coefficient (Wildman–Crippen LogP) is 7.85. The van der Waals surface area contributed by atoms with Gasteiger partial charge in [0.2, 0.25) is 0 Å². The van der Waals surface area contributed by atoms with Crippen molar-refractivity contribution >= 4 is 46.7 Å². The molecule has 3 aromatic carbocycles. The van der Waals surface area contributed by atoms with Crippen LogP contribution in [0.1, 0.15) is 39.3 Å². The summed E-state index contributed by atoms with van der Waals surface area (Å²) >= 11 is 7.64. The lowest BCUT2D eigenvalue weighted by Crippen LogP contribution is -2.21. The van der Waals surface area contributed by atoms with E-state index in [1.165, 1.54) is 10.6 Å². The SMILES string of the molecule is C.CC(C)(C)c1ccc(C=C2C(=O)N(c3ccccc3)N=C2CSc2ccc(Cl)cc2)cc1. The smallest absolute Gasteiger partial charge is 0.267 e. The first-order chi connectivity index (χ1) is 15.3. The second-order valence-electron chi connectivity index (χ2n) is 8.67. The fourth-order valence-electron chi connectivity index (χ4n) is 3.38. The minimum atomic E-state index is -0.109. The highest BCUT2D eigenvalue weighted by molar-refractivity contribution is 8.00. The molecule has 0 radical (unpaired) electrons. The lowest BCUT2D eigenvalue weighted by Gasteiger charge is -2.18. The molecule has 1 aliphatic heterocycles. The number of hydrogen-bond donors (Lipinski definition) is 0. The van der Waals surface area contributed by atoms with Gasteiger partial charge in [0.1, 0.15) is 0 Å². The Morgan fingerprint density at radius 2 is 1.58 bits per heavy atom. The molecule has 1 amide bonds. The summed E-state index contributed by atoms with van der Waals surface area (Å²) in [6.45, 7) is 6.58. The van der Waals surface area contributed by atoms with Crippen LogP contribution >= 0.6 is 23.4 Å². The third-order valence-electron chi connectivity index (χ3n) is 5.23. The molecule has 3 aromatic rings. The molecule has 4 rings (SSSR count). The minimum Gasteiger partial charge on any atom is -0.267 e. The highest BCUT2D eigenvalue weighted by atomic mass is 35.5. The molecule has 1 aliphatic rings. The Bertz CT molecular complexity index is 1160. The summed E-state index contributed by atoms with van der Waals surface area (Å²) in [6.07, 6.45) is 1.94. The zero-order valence-corrected chi connectivity index (χ0v) is 20.0. The van der Waals surface area contributed by atoms with Gasteiger partial charge in [0.15, 0.2) is 0 Å². The standard InChI is InChI=1S/C27H25ClN2OS.CH4/c1-27(2,3)20-11-9-19(10-12-20)17-24-25(18-32-23-15-13-21(28)14-16-23)29-30(26(24)31)22-7-5-4-6-8-22;/h4-17H,18H2,1-3H3;1H4. The van der Waals surface area contributed by atoms with Crippen LogP contribution in [0.2, 0.25) is 5.02 Å². The highest BCUT2D eigenvalue weighted by Gasteiger charge is 2.31. The zero-order valence-electron chi connectivity index (χ0n) is 18.4. The number of amides is 1. The first-order valence-electron chi connectivity index (χ1n) is 10.5. The van der Waals surface area contributed by atoms with Crippen molar-refractivity contribution in [2.45, 2.75) is 38.5 Å². The van der Waals surface area contributed by atoms with Crippen LogP contribution in [0.25, 0.3) is 6.08 Å². The summed E-state index contributed by atoms with van der Waals surface area (Å²) in [4.78, 5) is 14.4. The number of hydrogen-bond acceptors (Lipinski definition) is 3. The number of halogens is 1. The molecule has 0 fully saturated rings. The van der Waals surface area contributed by atoms with Crippen LogP contribution in [0.15, 0.2) is 94.4 Å². The van der Waals surface area contributed by atoms with Crippen molar-refractivity contribution in [2.75, 3.05) is 10.8 Å². The number of rotatable bonds is 5. The summed E-state index contributed by atoms with van der Waals surface area (Å²) in [5, 5.41) is 6.89. The third-order valence-corrected chi connectivity index (χ3v) is 6.51. The monoisotopic (exact) mass is 476 g/mol. The van der Waals surface area contributed by atoms with Crippen LogP contribution in [0.3, 0.4) is 0 Å². The molecule has 0 bridgehead atoms. The van der Waals surface area contributed by atoms with Gasteiger partial charge in [-0.1, -0.05) is 82.3 Å². The largest absolute Gasteiger partial charge is 0.280 e. The quantitative estimate of drug-likeness (QED) is 0.277. The molecule has 33 heavy (non-hydrogen) atoms. The molecule has 0 unspecified atom stereocenters. The Balaban J connectivity index is 0.00000306. The topological polar surface area (TPSA) is 32.7 Å². The van der Waals surface area contributed by atoms with E-state index in [0.29, 0.717) is 16.3 Å². The Labute approximate surface area is 206 Å². The Kier molecular flexibility index (Phi) is 7.83. The average molecular weight is 477 g/mol. The maximum absolute atomic E-state index is 13.3. The van der Waals surface area contributed by atoms with Gasteiger partial charge in [-0.05, 0) is 59.0 Å². The van der Waals surface area contributed by atoms with Gasteiger partial charge in [0.05, 0.1) is 17.0 Å². The van der Waals surface area contributed by atoms with Crippen molar-refractivity contribution in [3.8, 4) is 0 Å². The molecule has 5 heteroatoms. The number of carbonyl (C=O) groups is 1. The van der Waals surface area contributed by atoms with Crippen LogP contribution in [-0.4, -0.2) is 17.4 Å². The average Bonchev–Trinajstić information content (AvgIpc) is 3.09. The van der Waals surface area contributed by atoms with Gasteiger partial charge in [-0.3, -0.25) is 4.79 Å². The third kappa shape index (κ3) is 5.95. The van der Waals surface area contributed by atoms with Crippen molar-refractivity contribution in [3.05, 3.63) is 101 Å². The molecule has 3 nitrogen and oxygen atoms in total. The molecular formula is C28H29ClN2OS. The van der Waals surface area contributed by atoms with E-state index in [2.05, 4.69) is 45.0 Å². The van der Waals surface area contributed by atoms with E-state index in [9.17, 15) is 4.79 Å². The minimum absolute atomic E-state index is 0. The molecule has 170 valence electrons. The number of hydrazone groups is 1. The van der Waals surface area contributed by atoms with E-state index < -0.39 is 0 Å². The van der Waals surface area contributed by atoms with Crippen molar-refractivity contribution in [2.24, 2.45) is 5.10 Å². The second-order valence-corrected chi connectivity index (χ2v) is 10.2. The molecule has 0 saturated heterocycles. The summed E-state index contributed by atoms with van der Waals surface area (Å²) in [6, 6.07) is 25.6. The summed E-state index contributed by atoms with van der Waals surface area (Å²) in [5.74, 6) is 0.477. The molecule has 0 N–H and O–H groups in total. The summed E-state index contributed by atoms with van der Waals surface area (Å²) in [5.41, 5.74) is 4.48. The maximum atomic E-state index is 13.3. The van der Waals surface area contributed by atoms with Crippen LogP contribution in [0.5, 0.6) is 0 Å². The van der Waals surface area contributed by atoms with Gasteiger partial charge in [-0.2, -0.15) is 10.1 Å². The molecule has 0 aliphatic carbocycles. The number of anilines is 1. The van der Waals surface area contributed by atoms with Crippen molar-refractivity contribution in [1.29, 1.82) is 0 Å². The fourth-order valence-corrected chi connectivity index (χ4v) is 4.35. The van der Waals surface area contributed by atoms with Gasteiger partial charge < -0.3 is 0 Å². The van der Waals surface area contributed by atoms with E-state index in [-0.39, 0.29) is 18.7 Å². The number of benzene rings is 3. The first-order valence-corrected chi connectivity index (χ1v) is 11.9. The van der Waals surface area contributed by atoms with E-state index in [0.717, 1.165) is 21.9 Å². The zero-order chi connectivity index (χ0) is 22.7. The molecule has 0 spiro atoms. The van der Waals surface area contributed by atoms with E-state index in [1.54, 1.807) is 11.8 Å². The fraction of sp³-hybridized carbons (Fsp3) is 0.214. The van der Waals surface area contributed by atoms with Crippen LogP contribution < -0.4 is 5.01 Å². The molecule has 0 aromatic heterocycles. The number of nitrogens with zero attached hydrogens (tertiary/aromatic N) is 2. The summed E-state index contributed by atoms with van der Waals surface area (Å²) < 4.78 is 0. The van der Waals surface area contributed by atoms with Gasteiger partial charge in [-0.25, -0.2) is 0 Å². The van der Waals surface area contributed by atoms with Gasteiger partial charge in [0, 0.05) is 15.7 Å². The Morgan fingerprint density at radius 3 is 2.18 bits per heavy atom. The van der Waals surface area contributed by atoms with Crippen LogP contribution in [0, 0.1) is 0 Å². The van der Waals surface area contributed by atoms with Crippen LogP contribution in [0.4, 0.5) is 5.69 Å². The van der Waals surface area contributed by atoms with Gasteiger partial charge >= 0.3 is 0 Å². The number of carbonyl (C=O) groups excluding carboxylic acids is 1. The normalized spacial score (nSPS) is 14.9. The van der Waals surface area contributed by atoms with Crippen molar-refractivity contribution in [3.63, 3.8) is 0 Å². The molecular weight excluding hydrogens is 448 g/mol. The van der Waals surface area contributed by atoms with Gasteiger partial charge in [0.25, 0.3) is 5.91 Å². The second kappa shape index (κ2) is 10.4.